The molecule has 5 heteroatoms. The number of hydrogen-bond acceptors (Lipinski definition) is 5. The standard InChI is InChI=1S/C30H48N2O2S/c1-17(2)8-7-9-18(3)21-10-11-22-25-23(13-15-29(21,22)5)30(6)14-12-20(34-19(4)33)16-24(30)26-27(25)35-28(31)32-26/h17-18,20-25H,7-16H2,1-6H3,(H2,31,32)/t18-,20+,21-,22+,23+,24-,25+,29-,30-/m1/s1. The third-order valence-electron chi connectivity index (χ3n) is 11.3. The zero-order chi connectivity index (χ0) is 25.1. The van der Waals surface area contributed by atoms with Crippen LogP contribution in [0.1, 0.15) is 128 Å². The molecule has 0 unspecified atom stereocenters. The first-order valence-electron chi connectivity index (χ1n) is 14.5. The zero-order valence-electron chi connectivity index (χ0n) is 22.9. The number of esters is 1. The van der Waals surface area contributed by atoms with Crippen LogP contribution in [0.15, 0.2) is 0 Å². The van der Waals surface area contributed by atoms with Gasteiger partial charge in [0.15, 0.2) is 5.13 Å². The maximum absolute atomic E-state index is 11.7. The Morgan fingerprint density at radius 1 is 1.09 bits per heavy atom. The van der Waals surface area contributed by atoms with Gasteiger partial charge < -0.3 is 10.5 Å². The fourth-order valence-corrected chi connectivity index (χ4v) is 10.8. The van der Waals surface area contributed by atoms with Gasteiger partial charge in [-0.1, -0.05) is 53.9 Å². The molecule has 0 bridgehead atoms. The summed E-state index contributed by atoms with van der Waals surface area (Å²) in [5.74, 6) is 4.74. The number of aromatic nitrogens is 1. The van der Waals surface area contributed by atoms with Crippen molar-refractivity contribution in [3.63, 3.8) is 0 Å². The van der Waals surface area contributed by atoms with Crippen molar-refractivity contribution in [1.29, 1.82) is 0 Å². The number of ether oxygens (including phenoxy) is 1. The Kier molecular flexibility index (Phi) is 6.81. The maximum Gasteiger partial charge on any atom is 0.302 e. The van der Waals surface area contributed by atoms with E-state index in [9.17, 15) is 4.79 Å². The van der Waals surface area contributed by atoms with E-state index in [1.165, 1.54) is 55.5 Å². The molecule has 35 heavy (non-hydrogen) atoms. The molecule has 0 amide bonds. The van der Waals surface area contributed by atoms with E-state index in [0.717, 1.165) is 48.1 Å². The highest BCUT2D eigenvalue weighted by Crippen LogP contribution is 2.72. The lowest BCUT2D eigenvalue weighted by Crippen LogP contribution is -2.52. The summed E-state index contributed by atoms with van der Waals surface area (Å²) in [4.78, 5) is 18.2. The molecule has 1 aromatic heterocycles. The fourth-order valence-electron chi connectivity index (χ4n) is 9.63. The molecule has 2 N–H and O–H groups in total. The monoisotopic (exact) mass is 500 g/mol. The number of thiazole rings is 1. The summed E-state index contributed by atoms with van der Waals surface area (Å²) in [7, 11) is 0. The zero-order valence-corrected chi connectivity index (χ0v) is 23.8. The molecule has 1 aromatic rings. The molecule has 3 fully saturated rings. The molecule has 0 aliphatic heterocycles. The van der Waals surface area contributed by atoms with Gasteiger partial charge in [-0.25, -0.2) is 4.98 Å². The molecule has 4 nitrogen and oxygen atoms in total. The van der Waals surface area contributed by atoms with Gasteiger partial charge in [-0.3, -0.25) is 4.79 Å². The molecule has 4 aliphatic rings. The molecular weight excluding hydrogens is 452 g/mol. The number of nitrogen functional groups attached to an aromatic ring is 1. The molecule has 1 heterocycles. The third kappa shape index (κ3) is 4.26. The van der Waals surface area contributed by atoms with E-state index in [4.69, 9.17) is 15.5 Å². The van der Waals surface area contributed by atoms with E-state index in [2.05, 4.69) is 34.6 Å². The number of fused-ring (bicyclic) bond motifs is 8. The van der Waals surface area contributed by atoms with E-state index in [-0.39, 0.29) is 17.5 Å². The maximum atomic E-state index is 11.7. The summed E-state index contributed by atoms with van der Waals surface area (Å²) in [6.45, 7) is 14.0. The third-order valence-corrected chi connectivity index (χ3v) is 12.3. The second-order valence-corrected chi connectivity index (χ2v) is 14.7. The van der Waals surface area contributed by atoms with Crippen LogP contribution in [-0.4, -0.2) is 17.1 Å². The predicted octanol–water partition coefficient (Wildman–Crippen LogP) is 7.93. The van der Waals surface area contributed by atoms with Crippen molar-refractivity contribution in [2.45, 2.75) is 124 Å². The minimum atomic E-state index is -0.154. The summed E-state index contributed by atoms with van der Waals surface area (Å²) in [5, 5.41) is 0.733. The van der Waals surface area contributed by atoms with Crippen LogP contribution in [0.3, 0.4) is 0 Å². The SMILES string of the molecule is CC(=O)O[C@H]1CC[C@@]2(C)[C@H](C1)c1nc(N)sc1[C@@H]1[C@@H]2CC[C@]2(C)[C@@H]([C@H](C)CCCC(C)C)CC[C@@H]12. The van der Waals surface area contributed by atoms with Crippen LogP contribution in [-0.2, 0) is 9.53 Å². The van der Waals surface area contributed by atoms with Gasteiger partial charge >= 0.3 is 5.97 Å². The van der Waals surface area contributed by atoms with Gasteiger partial charge in [0, 0.05) is 23.6 Å². The van der Waals surface area contributed by atoms with Gasteiger partial charge in [0.05, 0.1) is 5.69 Å². The van der Waals surface area contributed by atoms with Crippen molar-refractivity contribution in [1.82, 2.24) is 4.98 Å². The van der Waals surface area contributed by atoms with Crippen molar-refractivity contribution in [2.75, 3.05) is 5.73 Å². The van der Waals surface area contributed by atoms with E-state index in [1.54, 1.807) is 18.3 Å². The molecule has 3 saturated carbocycles. The lowest BCUT2D eigenvalue weighted by atomic mass is 9.45. The topological polar surface area (TPSA) is 65.2 Å². The van der Waals surface area contributed by atoms with Gasteiger partial charge in [-0.05, 0) is 85.4 Å². The number of carbonyl (C=O) groups is 1. The molecule has 0 saturated heterocycles. The summed E-state index contributed by atoms with van der Waals surface area (Å²) in [5.41, 5.74) is 8.35. The van der Waals surface area contributed by atoms with Gasteiger partial charge in [0.25, 0.3) is 0 Å². The molecule has 0 aromatic carbocycles. The highest BCUT2D eigenvalue weighted by molar-refractivity contribution is 7.15. The Balaban J connectivity index is 1.44. The van der Waals surface area contributed by atoms with Crippen molar-refractivity contribution in [3.05, 3.63) is 10.6 Å². The van der Waals surface area contributed by atoms with Gasteiger partial charge in [0.2, 0.25) is 0 Å². The largest absolute Gasteiger partial charge is 0.463 e. The van der Waals surface area contributed by atoms with Crippen LogP contribution >= 0.6 is 11.3 Å². The summed E-state index contributed by atoms with van der Waals surface area (Å²) < 4.78 is 5.72. The minimum absolute atomic E-state index is 0.0225. The first kappa shape index (κ1) is 25.5. The van der Waals surface area contributed by atoms with Crippen molar-refractivity contribution >= 4 is 22.4 Å². The highest BCUT2D eigenvalue weighted by atomic mass is 32.1. The van der Waals surface area contributed by atoms with Gasteiger partial charge in [0.1, 0.15) is 6.10 Å². The van der Waals surface area contributed by atoms with Gasteiger partial charge in [-0.15, -0.1) is 11.3 Å². The first-order chi connectivity index (χ1) is 16.5. The Labute approximate surface area is 217 Å². The average Bonchev–Trinajstić information content (AvgIpc) is 3.33. The number of hydrogen-bond donors (Lipinski definition) is 1. The Hall–Kier alpha value is -1.10. The smallest absolute Gasteiger partial charge is 0.302 e. The molecule has 0 spiro atoms. The van der Waals surface area contributed by atoms with Crippen LogP contribution in [0.25, 0.3) is 0 Å². The van der Waals surface area contributed by atoms with E-state index < -0.39 is 0 Å². The van der Waals surface area contributed by atoms with Crippen LogP contribution in [0.4, 0.5) is 5.13 Å². The molecule has 5 rings (SSSR count). The first-order valence-corrected chi connectivity index (χ1v) is 15.3. The second-order valence-electron chi connectivity index (χ2n) is 13.6. The second kappa shape index (κ2) is 9.33. The Bertz CT molecular complexity index is 943. The predicted molar refractivity (Wildman–Crippen MR) is 144 cm³/mol. The normalized spacial score (nSPS) is 41.0. The number of rotatable bonds is 6. The lowest BCUT2D eigenvalue weighted by Gasteiger charge is -2.60. The Morgan fingerprint density at radius 3 is 2.51 bits per heavy atom. The summed E-state index contributed by atoms with van der Waals surface area (Å²) in [6, 6.07) is 0. The summed E-state index contributed by atoms with van der Waals surface area (Å²) >= 11 is 1.78. The number of carbonyl (C=O) groups excluding carboxylic acids is 1. The lowest BCUT2D eigenvalue weighted by molar-refractivity contribution is -0.151. The van der Waals surface area contributed by atoms with Crippen LogP contribution in [0.5, 0.6) is 0 Å². The number of nitrogens with two attached hydrogens (primary N) is 1. The molecule has 0 radical (unpaired) electrons. The van der Waals surface area contributed by atoms with Crippen LogP contribution in [0, 0.1) is 40.4 Å². The molecule has 196 valence electrons. The fraction of sp³-hybridized carbons (Fsp3) is 0.867. The van der Waals surface area contributed by atoms with E-state index in [1.807, 2.05) is 0 Å². The minimum Gasteiger partial charge on any atom is -0.463 e. The van der Waals surface area contributed by atoms with Crippen molar-refractivity contribution in [3.8, 4) is 0 Å². The van der Waals surface area contributed by atoms with Crippen LogP contribution < -0.4 is 5.73 Å². The van der Waals surface area contributed by atoms with E-state index in [0.29, 0.717) is 23.2 Å². The number of anilines is 1. The Morgan fingerprint density at radius 2 is 1.80 bits per heavy atom. The van der Waals surface area contributed by atoms with Crippen molar-refractivity contribution < 1.29 is 9.53 Å². The molecule has 9 atom stereocenters. The molecular formula is C30H48N2O2S. The summed E-state index contributed by atoms with van der Waals surface area (Å²) in [6.07, 6.45) is 12.6. The van der Waals surface area contributed by atoms with Gasteiger partial charge in [-0.2, -0.15) is 0 Å². The van der Waals surface area contributed by atoms with Crippen LogP contribution in [0.2, 0.25) is 0 Å². The average molecular weight is 501 g/mol. The number of nitrogens with zero attached hydrogens (tertiary/aromatic N) is 1. The van der Waals surface area contributed by atoms with E-state index >= 15 is 0 Å². The molecule has 4 aliphatic carbocycles. The highest BCUT2D eigenvalue weighted by Gasteiger charge is 2.63. The quantitative estimate of drug-likeness (QED) is 0.403. The van der Waals surface area contributed by atoms with Crippen molar-refractivity contribution in [2.24, 2.45) is 40.4 Å².